The number of nitrogens with zero attached hydrogens (tertiary/aromatic N) is 2. The van der Waals surface area contributed by atoms with Crippen LogP contribution in [0.3, 0.4) is 0 Å². The van der Waals surface area contributed by atoms with Crippen molar-refractivity contribution in [2.75, 3.05) is 6.61 Å². The lowest BCUT2D eigenvalue weighted by atomic mass is 9.96. The van der Waals surface area contributed by atoms with Crippen molar-refractivity contribution in [1.82, 2.24) is 4.57 Å². The van der Waals surface area contributed by atoms with Crippen molar-refractivity contribution >= 4 is 29.5 Å². The van der Waals surface area contributed by atoms with Gasteiger partial charge in [0.15, 0.2) is 4.80 Å². The van der Waals surface area contributed by atoms with E-state index in [1.165, 1.54) is 11.3 Å². The Bertz CT molecular complexity index is 1330. The number of benzene rings is 2. The summed E-state index contributed by atoms with van der Waals surface area (Å²) in [6.07, 6.45) is 5.60. The van der Waals surface area contributed by atoms with Crippen LogP contribution in [0.25, 0.3) is 12.2 Å². The summed E-state index contributed by atoms with van der Waals surface area (Å²) in [5.41, 5.74) is 2.68. The molecule has 2 aromatic carbocycles. The van der Waals surface area contributed by atoms with Crippen LogP contribution >= 0.6 is 11.3 Å². The summed E-state index contributed by atoms with van der Waals surface area (Å²) in [6.45, 7) is 3.81. The lowest BCUT2D eigenvalue weighted by molar-refractivity contribution is -0.139. The molecule has 0 saturated heterocycles. The number of thiazole rings is 1. The summed E-state index contributed by atoms with van der Waals surface area (Å²) >= 11 is 1.32. The molecule has 1 atom stereocenters. The SMILES string of the molecule is CCOC(=O)C1=C(C)N=c2s/c(=C\C=C\c3ccccc3)c(=O)n2[C@H]1c1ccccc1. The minimum Gasteiger partial charge on any atom is -0.463 e. The van der Waals surface area contributed by atoms with Crippen molar-refractivity contribution in [3.63, 3.8) is 0 Å². The zero-order valence-electron chi connectivity index (χ0n) is 17.3. The first-order valence-electron chi connectivity index (χ1n) is 10.1. The Morgan fingerprint density at radius 1 is 1.13 bits per heavy atom. The second kappa shape index (κ2) is 9.10. The standard InChI is InChI=1S/C25H22N2O3S/c1-3-30-24(29)21-17(2)26-25-27(22(21)19-14-8-5-9-15-19)23(28)20(31-25)16-10-13-18-11-6-4-7-12-18/h4-16,22H,3H2,1-2H3/b13-10+,20-16-/t22-/m0/s1. The summed E-state index contributed by atoms with van der Waals surface area (Å²) in [5, 5.41) is 0. The molecule has 0 saturated carbocycles. The number of fused-ring (bicyclic) bond motifs is 1. The number of carbonyl (C=O) groups is 1. The summed E-state index contributed by atoms with van der Waals surface area (Å²) < 4.78 is 7.45. The second-order valence-corrected chi connectivity index (χ2v) is 8.01. The molecule has 1 aliphatic heterocycles. The van der Waals surface area contributed by atoms with Gasteiger partial charge in [-0.25, -0.2) is 9.79 Å². The number of carbonyl (C=O) groups excluding carboxylic acids is 1. The van der Waals surface area contributed by atoms with Gasteiger partial charge in [-0.2, -0.15) is 0 Å². The maximum absolute atomic E-state index is 13.3. The van der Waals surface area contributed by atoms with Crippen molar-refractivity contribution in [1.29, 1.82) is 0 Å². The smallest absolute Gasteiger partial charge is 0.338 e. The van der Waals surface area contributed by atoms with Crippen LogP contribution in [0.4, 0.5) is 0 Å². The van der Waals surface area contributed by atoms with Crippen LogP contribution in [-0.2, 0) is 9.53 Å². The first-order chi connectivity index (χ1) is 15.1. The Kier molecular flexibility index (Phi) is 6.09. The Labute approximate surface area is 184 Å². The molecule has 5 nitrogen and oxygen atoms in total. The van der Waals surface area contributed by atoms with E-state index in [0.717, 1.165) is 11.1 Å². The molecular weight excluding hydrogens is 408 g/mol. The van der Waals surface area contributed by atoms with Crippen molar-refractivity contribution in [3.05, 3.63) is 109 Å². The molecule has 2 heterocycles. The molecule has 0 amide bonds. The van der Waals surface area contributed by atoms with Gasteiger partial charge in [0.05, 0.1) is 28.5 Å². The first kappa shape index (κ1) is 20.8. The molecular formula is C25H22N2O3S. The number of aromatic nitrogens is 1. The van der Waals surface area contributed by atoms with Gasteiger partial charge in [0.2, 0.25) is 0 Å². The largest absolute Gasteiger partial charge is 0.463 e. The average molecular weight is 431 g/mol. The number of ether oxygens (including phenoxy) is 1. The highest BCUT2D eigenvalue weighted by Crippen LogP contribution is 2.30. The molecule has 156 valence electrons. The average Bonchev–Trinajstić information content (AvgIpc) is 3.09. The van der Waals surface area contributed by atoms with Crippen LogP contribution in [0, 0.1) is 0 Å². The topological polar surface area (TPSA) is 60.7 Å². The van der Waals surface area contributed by atoms with Crippen molar-refractivity contribution in [2.24, 2.45) is 4.99 Å². The highest BCUT2D eigenvalue weighted by atomic mass is 32.1. The van der Waals surface area contributed by atoms with Crippen LogP contribution < -0.4 is 14.9 Å². The molecule has 6 heteroatoms. The van der Waals surface area contributed by atoms with E-state index in [9.17, 15) is 9.59 Å². The number of esters is 1. The quantitative estimate of drug-likeness (QED) is 0.583. The van der Waals surface area contributed by atoms with E-state index in [1.807, 2.05) is 72.8 Å². The van der Waals surface area contributed by atoms with Gasteiger partial charge in [0.25, 0.3) is 5.56 Å². The Hall–Kier alpha value is -3.51. The number of allylic oxidation sites excluding steroid dienone is 2. The molecule has 0 aliphatic carbocycles. The van der Waals surface area contributed by atoms with Crippen molar-refractivity contribution < 1.29 is 9.53 Å². The van der Waals surface area contributed by atoms with Crippen LogP contribution in [0.5, 0.6) is 0 Å². The fourth-order valence-corrected chi connectivity index (χ4v) is 4.57. The summed E-state index contributed by atoms with van der Waals surface area (Å²) in [4.78, 5) is 31.3. The van der Waals surface area contributed by atoms with Crippen LogP contribution in [0.2, 0.25) is 0 Å². The predicted molar refractivity (Wildman–Crippen MR) is 123 cm³/mol. The highest BCUT2D eigenvalue weighted by molar-refractivity contribution is 7.07. The minimum absolute atomic E-state index is 0.176. The van der Waals surface area contributed by atoms with Crippen LogP contribution in [0.15, 0.2) is 87.8 Å². The molecule has 4 rings (SSSR count). The maximum atomic E-state index is 13.3. The zero-order valence-corrected chi connectivity index (χ0v) is 18.1. The third-order valence-corrected chi connectivity index (χ3v) is 5.97. The van der Waals surface area contributed by atoms with E-state index in [-0.39, 0.29) is 12.2 Å². The summed E-state index contributed by atoms with van der Waals surface area (Å²) in [5.74, 6) is -0.448. The lowest BCUT2D eigenvalue weighted by Crippen LogP contribution is -2.39. The third-order valence-electron chi connectivity index (χ3n) is 4.97. The zero-order chi connectivity index (χ0) is 21.8. The van der Waals surface area contributed by atoms with E-state index in [2.05, 4.69) is 4.99 Å². The van der Waals surface area contributed by atoms with E-state index < -0.39 is 12.0 Å². The normalized spacial score (nSPS) is 16.3. The molecule has 0 N–H and O–H groups in total. The summed E-state index contributed by atoms with van der Waals surface area (Å²) in [7, 11) is 0. The molecule has 1 aliphatic rings. The van der Waals surface area contributed by atoms with Gasteiger partial charge in [-0.1, -0.05) is 84.2 Å². The van der Waals surface area contributed by atoms with Crippen molar-refractivity contribution in [3.8, 4) is 0 Å². The third kappa shape index (κ3) is 4.20. The number of hydrogen-bond donors (Lipinski definition) is 0. The van der Waals surface area contributed by atoms with Gasteiger partial charge in [-0.15, -0.1) is 0 Å². The van der Waals surface area contributed by atoms with E-state index in [4.69, 9.17) is 4.74 Å². The Balaban J connectivity index is 1.85. The number of hydrogen-bond acceptors (Lipinski definition) is 5. The molecule has 0 spiro atoms. The monoisotopic (exact) mass is 430 g/mol. The molecule has 0 fully saturated rings. The lowest BCUT2D eigenvalue weighted by Gasteiger charge is -2.24. The molecule has 0 radical (unpaired) electrons. The molecule has 3 aromatic rings. The van der Waals surface area contributed by atoms with Crippen LogP contribution in [0.1, 0.15) is 31.0 Å². The fraction of sp³-hybridized carbons (Fsp3) is 0.160. The molecule has 0 bridgehead atoms. The molecule has 31 heavy (non-hydrogen) atoms. The maximum Gasteiger partial charge on any atom is 0.338 e. The first-order valence-corrected chi connectivity index (χ1v) is 10.9. The van der Waals surface area contributed by atoms with E-state index in [1.54, 1.807) is 24.5 Å². The summed E-state index contributed by atoms with van der Waals surface area (Å²) in [6, 6.07) is 18.8. The van der Waals surface area contributed by atoms with Gasteiger partial charge < -0.3 is 4.74 Å². The van der Waals surface area contributed by atoms with Gasteiger partial charge in [-0.05, 0) is 31.1 Å². The Morgan fingerprint density at radius 2 is 1.81 bits per heavy atom. The van der Waals surface area contributed by atoms with E-state index >= 15 is 0 Å². The fourth-order valence-electron chi connectivity index (χ4n) is 3.57. The van der Waals surface area contributed by atoms with Gasteiger partial charge in [0.1, 0.15) is 0 Å². The Morgan fingerprint density at radius 3 is 2.48 bits per heavy atom. The van der Waals surface area contributed by atoms with Gasteiger partial charge in [0, 0.05) is 0 Å². The molecule has 1 aromatic heterocycles. The highest BCUT2D eigenvalue weighted by Gasteiger charge is 2.33. The van der Waals surface area contributed by atoms with E-state index in [0.29, 0.717) is 20.6 Å². The van der Waals surface area contributed by atoms with Crippen molar-refractivity contribution in [2.45, 2.75) is 19.9 Å². The van der Waals surface area contributed by atoms with Crippen LogP contribution in [-0.4, -0.2) is 17.1 Å². The van der Waals surface area contributed by atoms with Gasteiger partial charge >= 0.3 is 5.97 Å². The molecule has 0 unspecified atom stereocenters. The minimum atomic E-state index is -0.572. The predicted octanol–water partition coefficient (Wildman–Crippen LogP) is 3.46. The second-order valence-electron chi connectivity index (χ2n) is 7.01. The van der Waals surface area contributed by atoms with Gasteiger partial charge in [-0.3, -0.25) is 9.36 Å². The number of rotatable bonds is 5.